The monoisotopic (exact) mass is 526 g/mol. The first-order valence-corrected chi connectivity index (χ1v) is 13.1. The number of amides is 1. The molecule has 4 aromatic rings. The molecule has 202 valence electrons. The number of nitrogens with one attached hydrogen (secondary N) is 2. The van der Waals surface area contributed by atoms with Gasteiger partial charge in [0, 0.05) is 43.8 Å². The molecule has 0 aliphatic heterocycles. The molecule has 4 aromatic carbocycles. The summed E-state index contributed by atoms with van der Waals surface area (Å²) in [6.45, 7) is 7.72. The van der Waals surface area contributed by atoms with Crippen molar-refractivity contribution in [3.63, 3.8) is 0 Å². The second-order valence-electron chi connectivity index (χ2n) is 9.56. The Morgan fingerprint density at radius 3 is 2.38 bits per heavy atom. The minimum absolute atomic E-state index is 0.0629. The molecule has 0 saturated carbocycles. The predicted octanol–water partition coefficient (Wildman–Crippen LogP) is 6.49. The van der Waals surface area contributed by atoms with E-state index in [0.717, 1.165) is 16.7 Å². The molecule has 0 aliphatic rings. The lowest BCUT2D eigenvalue weighted by atomic mass is 9.97. The van der Waals surface area contributed by atoms with E-state index in [9.17, 15) is 9.18 Å². The summed E-state index contributed by atoms with van der Waals surface area (Å²) in [6.07, 6.45) is 0. The van der Waals surface area contributed by atoms with E-state index in [4.69, 9.17) is 9.47 Å². The number of ether oxygens (including phenoxy) is 2. The molecule has 1 amide bonds. The molecule has 0 spiro atoms. The Morgan fingerprint density at radius 2 is 1.59 bits per heavy atom. The van der Waals surface area contributed by atoms with E-state index in [1.54, 1.807) is 12.1 Å². The molecule has 0 aliphatic carbocycles. The molecule has 0 unspecified atom stereocenters. The predicted molar refractivity (Wildman–Crippen MR) is 153 cm³/mol. The molecule has 2 N–H and O–H groups in total. The summed E-state index contributed by atoms with van der Waals surface area (Å²) >= 11 is 0. The van der Waals surface area contributed by atoms with Gasteiger partial charge < -0.3 is 20.1 Å². The molecule has 0 atom stereocenters. The van der Waals surface area contributed by atoms with Gasteiger partial charge in [0.25, 0.3) is 0 Å². The third-order valence-electron chi connectivity index (χ3n) is 6.54. The van der Waals surface area contributed by atoms with Crippen LogP contribution in [0.2, 0.25) is 0 Å². The van der Waals surface area contributed by atoms with Crippen LogP contribution in [0.15, 0.2) is 84.9 Å². The minimum Gasteiger partial charge on any atom is -0.489 e. The molecule has 4 rings (SSSR count). The standard InChI is InChI=1S/C33H35FN2O3/c1-23-12-15-32(34)29(18-23)22-39-33-19-30(14-13-27(33)20-35-16-17-36-25(3)37)38-21-28-10-7-11-31(24(28)2)26-8-5-4-6-9-26/h4-15,18-19,35H,16-17,20-22H2,1-3H3,(H,36,37). The summed E-state index contributed by atoms with van der Waals surface area (Å²) in [5.74, 6) is 0.931. The van der Waals surface area contributed by atoms with Crippen molar-refractivity contribution in [2.75, 3.05) is 13.1 Å². The SMILES string of the molecule is CC(=O)NCCNCc1ccc(OCc2cccc(-c3ccccc3)c2C)cc1OCc1cc(C)ccc1F. The normalized spacial score (nSPS) is 10.8. The number of rotatable bonds is 12. The van der Waals surface area contributed by atoms with E-state index >= 15 is 0 Å². The third kappa shape index (κ3) is 7.91. The zero-order chi connectivity index (χ0) is 27.6. The Bertz CT molecular complexity index is 1410. The average molecular weight is 527 g/mol. The van der Waals surface area contributed by atoms with Gasteiger partial charge in [-0.05, 0) is 54.3 Å². The highest BCUT2D eigenvalue weighted by Gasteiger charge is 2.11. The average Bonchev–Trinajstić information content (AvgIpc) is 2.93. The molecule has 0 fully saturated rings. The van der Waals surface area contributed by atoms with E-state index in [0.29, 0.717) is 43.3 Å². The van der Waals surface area contributed by atoms with Gasteiger partial charge in [-0.25, -0.2) is 4.39 Å². The summed E-state index contributed by atoms with van der Waals surface area (Å²) in [5, 5.41) is 6.08. The van der Waals surface area contributed by atoms with Crippen LogP contribution in [0, 0.1) is 19.7 Å². The Kier molecular flexibility index (Phi) is 9.70. The maximum atomic E-state index is 14.4. The van der Waals surface area contributed by atoms with Crippen LogP contribution >= 0.6 is 0 Å². The second-order valence-corrected chi connectivity index (χ2v) is 9.56. The van der Waals surface area contributed by atoms with E-state index in [1.807, 2.05) is 43.3 Å². The molecule has 0 aromatic heterocycles. The summed E-state index contributed by atoms with van der Waals surface area (Å²) in [4.78, 5) is 11.1. The van der Waals surface area contributed by atoms with E-state index < -0.39 is 0 Å². The topological polar surface area (TPSA) is 59.6 Å². The molecule has 0 saturated heterocycles. The smallest absolute Gasteiger partial charge is 0.216 e. The molecular formula is C33H35FN2O3. The van der Waals surface area contributed by atoms with Crippen LogP contribution in [0.1, 0.15) is 34.7 Å². The number of halogens is 1. The van der Waals surface area contributed by atoms with Gasteiger partial charge in [0.05, 0.1) is 0 Å². The number of hydrogen-bond acceptors (Lipinski definition) is 4. The van der Waals surface area contributed by atoms with Crippen molar-refractivity contribution in [3.05, 3.63) is 119 Å². The fourth-order valence-electron chi connectivity index (χ4n) is 4.36. The molecule has 39 heavy (non-hydrogen) atoms. The first kappa shape index (κ1) is 27.9. The second kappa shape index (κ2) is 13.6. The highest BCUT2D eigenvalue weighted by atomic mass is 19.1. The molecule has 0 heterocycles. The van der Waals surface area contributed by atoms with Gasteiger partial charge in [-0.2, -0.15) is 0 Å². The van der Waals surface area contributed by atoms with Crippen LogP contribution in [0.5, 0.6) is 11.5 Å². The Labute approximate surface area is 230 Å². The van der Waals surface area contributed by atoms with E-state index in [2.05, 4.69) is 47.9 Å². The van der Waals surface area contributed by atoms with Crippen molar-refractivity contribution in [2.45, 2.75) is 40.5 Å². The third-order valence-corrected chi connectivity index (χ3v) is 6.54. The number of carbonyl (C=O) groups is 1. The van der Waals surface area contributed by atoms with Gasteiger partial charge >= 0.3 is 0 Å². The van der Waals surface area contributed by atoms with Crippen molar-refractivity contribution < 1.29 is 18.7 Å². The van der Waals surface area contributed by atoms with Crippen LogP contribution in [0.25, 0.3) is 11.1 Å². The first-order valence-electron chi connectivity index (χ1n) is 13.1. The highest BCUT2D eigenvalue weighted by molar-refractivity contribution is 5.72. The summed E-state index contributed by atoms with van der Waals surface area (Å²) < 4.78 is 26.7. The summed E-state index contributed by atoms with van der Waals surface area (Å²) in [7, 11) is 0. The lowest BCUT2D eigenvalue weighted by Gasteiger charge is -2.16. The first-order chi connectivity index (χ1) is 18.9. The van der Waals surface area contributed by atoms with Crippen molar-refractivity contribution in [1.82, 2.24) is 10.6 Å². The van der Waals surface area contributed by atoms with Crippen molar-refractivity contribution >= 4 is 5.91 Å². The van der Waals surface area contributed by atoms with Gasteiger partial charge in [-0.3, -0.25) is 4.79 Å². The fraction of sp³-hybridized carbons (Fsp3) is 0.242. The highest BCUT2D eigenvalue weighted by Crippen LogP contribution is 2.29. The number of carbonyl (C=O) groups excluding carboxylic acids is 1. The van der Waals surface area contributed by atoms with Crippen LogP contribution in [0.4, 0.5) is 4.39 Å². The van der Waals surface area contributed by atoms with Crippen LogP contribution < -0.4 is 20.1 Å². The lowest BCUT2D eigenvalue weighted by molar-refractivity contribution is -0.118. The molecule has 0 bridgehead atoms. The van der Waals surface area contributed by atoms with Gasteiger partial charge in [-0.15, -0.1) is 0 Å². The summed E-state index contributed by atoms with van der Waals surface area (Å²) in [5.41, 5.74) is 7.02. The van der Waals surface area contributed by atoms with Gasteiger partial charge in [0.15, 0.2) is 0 Å². The number of aryl methyl sites for hydroxylation is 1. The zero-order valence-corrected chi connectivity index (χ0v) is 22.7. The van der Waals surface area contributed by atoms with Crippen molar-refractivity contribution in [3.8, 4) is 22.6 Å². The Balaban J connectivity index is 1.49. The summed E-state index contributed by atoms with van der Waals surface area (Å²) in [6, 6.07) is 27.3. The van der Waals surface area contributed by atoms with Crippen molar-refractivity contribution in [1.29, 1.82) is 0 Å². The Hall–Kier alpha value is -4.16. The fourth-order valence-corrected chi connectivity index (χ4v) is 4.36. The molecule has 0 radical (unpaired) electrons. The molecule has 5 nitrogen and oxygen atoms in total. The van der Waals surface area contributed by atoms with E-state index in [-0.39, 0.29) is 18.3 Å². The van der Waals surface area contributed by atoms with E-state index in [1.165, 1.54) is 29.7 Å². The Morgan fingerprint density at radius 1 is 0.795 bits per heavy atom. The van der Waals surface area contributed by atoms with Gasteiger partial charge in [-0.1, -0.05) is 66.2 Å². The quantitative estimate of drug-likeness (QED) is 0.207. The van der Waals surface area contributed by atoms with Crippen molar-refractivity contribution in [2.24, 2.45) is 0 Å². The number of benzene rings is 4. The van der Waals surface area contributed by atoms with Crippen LogP contribution in [0.3, 0.4) is 0 Å². The van der Waals surface area contributed by atoms with Crippen LogP contribution in [-0.4, -0.2) is 19.0 Å². The number of hydrogen-bond donors (Lipinski definition) is 2. The zero-order valence-electron chi connectivity index (χ0n) is 22.7. The molecular weight excluding hydrogens is 491 g/mol. The maximum absolute atomic E-state index is 14.4. The minimum atomic E-state index is -0.295. The van der Waals surface area contributed by atoms with Gasteiger partial charge in [0.2, 0.25) is 5.91 Å². The van der Waals surface area contributed by atoms with Crippen LogP contribution in [-0.2, 0) is 24.6 Å². The largest absolute Gasteiger partial charge is 0.489 e. The molecule has 6 heteroatoms. The maximum Gasteiger partial charge on any atom is 0.216 e. The lowest BCUT2D eigenvalue weighted by Crippen LogP contribution is -2.30. The van der Waals surface area contributed by atoms with Gasteiger partial charge in [0.1, 0.15) is 30.5 Å².